The number of hydrogen-bond acceptors (Lipinski definition) is 4. The Bertz CT molecular complexity index is 1210. The fourth-order valence-electron chi connectivity index (χ4n) is 3.49. The number of rotatable bonds is 4. The molecule has 2 heterocycles. The topological polar surface area (TPSA) is 76.2 Å². The molecule has 29 heavy (non-hydrogen) atoms. The van der Waals surface area contributed by atoms with Crippen molar-refractivity contribution < 1.29 is 14.3 Å². The third-order valence-corrected chi connectivity index (χ3v) is 5.06. The van der Waals surface area contributed by atoms with Gasteiger partial charge in [-0.1, -0.05) is 0 Å². The molecule has 4 aromatic rings. The number of aromatic amines is 1. The standard InChI is InChI=1S/C23H19N3O3/c1-28-18-7-8-19-20(13-18)26-22(25-19)14-2-5-17(6-3-14)24-23(27)16-4-9-21-15(12-16)10-11-29-21/h2-9,12-13H,10-11H2,1H3,(H,24,27)(H,25,26). The minimum atomic E-state index is -0.136. The summed E-state index contributed by atoms with van der Waals surface area (Å²) < 4.78 is 10.7. The molecule has 6 nitrogen and oxygen atoms in total. The second-order valence-electron chi connectivity index (χ2n) is 6.92. The minimum Gasteiger partial charge on any atom is -0.497 e. The Labute approximate surface area is 167 Å². The van der Waals surface area contributed by atoms with Crippen LogP contribution in [0.15, 0.2) is 60.7 Å². The third-order valence-electron chi connectivity index (χ3n) is 5.06. The Kier molecular flexibility index (Phi) is 4.17. The van der Waals surface area contributed by atoms with E-state index in [1.807, 2.05) is 54.6 Å². The molecule has 0 radical (unpaired) electrons. The zero-order chi connectivity index (χ0) is 19.8. The van der Waals surface area contributed by atoms with E-state index in [1.54, 1.807) is 13.2 Å². The van der Waals surface area contributed by atoms with E-state index in [2.05, 4.69) is 15.3 Å². The van der Waals surface area contributed by atoms with E-state index in [0.29, 0.717) is 12.2 Å². The van der Waals surface area contributed by atoms with E-state index in [-0.39, 0.29) is 5.91 Å². The highest BCUT2D eigenvalue weighted by molar-refractivity contribution is 6.04. The van der Waals surface area contributed by atoms with Crippen molar-refractivity contribution in [3.63, 3.8) is 0 Å². The van der Waals surface area contributed by atoms with Gasteiger partial charge in [0.2, 0.25) is 0 Å². The number of anilines is 1. The van der Waals surface area contributed by atoms with Crippen LogP contribution >= 0.6 is 0 Å². The summed E-state index contributed by atoms with van der Waals surface area (Å²) in [6.07, 6.45) is 0.842. The van der Waals surface area contributed by atoms with Crippen LogP contribution in [0.1, 0.15) is 15.9 Å². The molecule has 144 valence electrons. The number of amides is 1. The van der Waals surface area contributed by atoms with Crippen molar-refractivity contribution in [3.05, 3.63) is 71.8 Å². The number of imidazole rings is 1. The molecular weight excluding hydrogens is 366 g/mol. The second kappa shape index (κ2) is 6.98. The first-order chi connectivity index (χ1) is 14.2. The molecule has 0 aliphatic carbocycles. The summed E-state index contributed by atoms with van der Waals surface area (Å²) in [6, 6.07) is 18.9. The SMILES string of the molecule is COc1ccc2nc(-c3ccc(NC(=O)c4ccc5c(c4)CCO5)cc3)[nH]c2c1. The summed E-state index contributed by atoms with van der Waals surface area (Å²) in [4.78, 5) is 20.5. The molecule has 3 aromatic carbocycles. The summed E-state index contributed by atoms with van der Waals surface area (Å²) in [7, 11) is 1.64. The van der Waals surface area contributed by atoms with Gasteiger partial charge in [0.15, 0.2) is 0 Å². The quantitative estimate of drug-likeness (QED) is 0.545. The highest BCUT2D eigenvalue weighted by Gasteiger charge is 2.15. The van der Waals surface area contributed by atoms with E-state index >= 15 is 0 Å². The van der Waals surface area contributed by atoms with E-state index in [1.165, 1.54) is 0 Å². The highest BCUT2D eigenvalue weighted by atomic mass is 16.5. The first-order valence-electron chi connectivity index (χ1n) is 9.41. The van der Waals surface area contributed by atoms with Crippen molar-refractivity contribution >= 4 is 22.6 Å². The van der Waals surface area contributed by atoms with Crippen molar-refractivity contribution in [2.75, 3.05) is 19.0 Å². The maximum absolute atomic E-state index is 12.6. The van der Waals surface area contributed by atoms with Crippen LogP contribution in [0.4, 0.5) is 5.69 Å². The normalized spacial score (nSPS) is 12.4. The molecule has 0 fully saturated rings. The number of aromatic nitrogens is 2. The van der Waals surface area contributed by atoms with Crippen LogP contribution in [0.5, 0.6) is 11.5 Å². The van der Waals surface area contributed by atoms with Gasteiger partial charge in [-0.05, 0) is 60.2 Å². The number of nitrogens with zero attached hydrogens (tertiary/aromatic N) is 1. The van der Waals surface area contributed by atoms with Gasteiger partial charge < -0.3 is 19.8 Å². The lowest BCUT2D eigenvalue weighted by atomic mass is 10.1. The van der Waals surface area contributed by atoms with E-state index in [0.717, 1.165) is 51.6 Å². The van der Waals surface area contributed by atoms with Gasteiger partial charge in [0.25, 0.3) is 5.91 Å². The van der Waals surface area contributed by atoms with Gasteiger partial charge >= 0.3 is 0 Å². The maximum atomic E-state index is 12.6. The van der Waals surface area contributed by atoms with Crippen molar-refractivity contribution in [1.29, 1.82) is 0 Å². The Hall–Kier alpha value is -3.80. The van der Waals surface area contributed by atoms with E-state index in [4.69, 9.17) is 9.47 Å². The van der Waals surface area contributed by atoms with Crippen LogP contribution in [0.25, 0.3) is 22.4 Å². The Morgan fingerprint density at radius 2 is 1.97 bits per heavy atom. The molecule has 0 saturated heterocycles. The molecule has 0 spiro atoms. The van der Waals surface area contributed by atoms with Crippen LogP contribution < -0.4 is 14.8 Å². The van der Waals surface area contributed by atoms with Crippen LogP contribution in [-0.2, 0) is 6.42 Å². The average Bonchev–Trinajstić information content (AvgIpc) is 3.39. The van der Waals surface area contributed by atoms with Crippen LogP contribution in [0, 0.1) is 0 Å². The molecule has 0 atom stereocenters. The number of H-pyrrole nitrogens is 1. The summed E-state index contributed by atoms with van der Waals surface area (Å²) in [6.45, 7) is 0.677. The molecular formula is C23H19N3O3. The van der Waals surface area contributed by atoms with Crippen molar-refractivity contribution in [1.82, 2.24) is 9.97 Å². The molecule has 1 amide bonds. The van der Waals surface area contributed by atoms with Gasteiger partial charge in [0.1, 0.15) is 17.3 Å². The number of carbonyl (C=O) groups excluding carboxylic acids is 1. The monoisotopic (exact) mass is 385 g/mol. The Morgan fingerprint density at radius 1 is 1.10 bits per heavy atom. The fourth-order valence-corrected chi connectivity index (χ4v) is 3.49. The first kappa shape index (κ1) is 17.3. The minimum absolute atomic E-state index is 0.136. The van der Waals surface area contributed by atoms with Gasteiger partial charge in [-0.3, -0.25) is 4.79 Å². The molecule has 1 aliphatic heterocycles. The summed E-state index contributed by atoms with van der Waals surface area (Å²) in [5.74, 6) is 2.28. The van der Waals surface area contributed by atoms with Crippen molar-refractivity contribution in [2.24, 2.45) is 0 Å². The lowest BCUT2D eigenvalue weighted by Gasteiger charge is -2.07. The van der Waals surface area contributed by atoms with Gasteiger partial charge in [-0.2, -0.15) is 0 Å². The van der Waals surface area contributed by atoms with E-state index in [9.17, 15) is 4.79 Å². The van der Waals surface area contributed by atoms with Crippen LogP contribution in [0.3, 0.4) is 0 Å². The van der Waals surface area contributed by atoms with Crippen molar-refractivity contribution in [3.8, 4) is 22.9 Å². The number of fused-ring (bicyclic) bond motifs is 2. The zero-order valence-corrected chi connectivity index (χ0v) is 15.9. The molecule has 5 rings (SSSR count). The van der Waals surface area contributed by atoms with E-state index < -0.39 is 0 Å². The summed E-state index contributed by atoms with van der Waals surface area (Å²) in [5.41, 5.74) is 5.16. The number of hydrogen-bond donors (Lipinski definition) is 2. The first-order valence-corrected chi connectivity index (χ1v) is 9.41. The lowest BCUT2D eigenvalue weighted by Crippen LogP contribution is -2.11. The second-order valence-corrected chi connectivity index (χ2v) is 6.92. The van der Waals surface area contributed by atoms with Gasteiger partial charge in [0, 0.05) is 29.3 Å². The predicted molar refractivity (Wildman–Crippen MR) is 112 cm³/mol. The molecule has 0 saturated carbocycles. The fraction of sp³-hybridized carbons (Fsp3) is 0.130. The molecule has 1 aromatic heterocycles. The van der Waals surface area contributed by atoms with Crippen LogP contribution in [-0.4, -0.2) is 29.6 Å². The maximum Gasteiger partial charge on any atom is 0.255 e. The molecule has 0 bridgehead atoms. The van der Waals surface area contributed by atoms with Gasteiger partial charge in [-0.25, -0.2) is 4.98 Å². The van der Waals surface area contributed by atoms with Gasteiger partial charge in [0.05, 0.1) is 24.8 Å². The molecule has 6 heteroatoms. The number of nitrogens with one attached hydrogen (secondary N) is 2. The number of ether oxygens (including phenoxy) is 2. The summed E-state index contributed by atoms with van der Waals surface area (Å²) >= 11 is 0. The van der Waals surface area contributed by atoms with Crippen molar-refractivity contribution in [2.45, 2.75) is 6.42 Å². The molecule has 2 N–H and O–H groups in total. The lowest BCUT2D eigenvalue weighted by molar-refractivity contribution is 0.102. The Balaban J connectivity index is 1.34. The highest BCUT2D eigenvalue weighted by Crippen LogP contribution is 2.27. The molecule has 1 aliphatic rings. The number of carbonyl (C=O) groups is 1. The summed E-state index contributed by atoms with van der Waals surface area (Å²) in [5, 5.41) is 2.94. The Morgan fingerprint density at radius 3 is 2.79 bits per heavy atom. The van der Waals surface area contributed by atoms with Crippen LogP contribution in [0.2, 0.25) is 0 Å². The number of benzene rings is 3. The van der Waals surface area contributed by atoms with Gasteiger partial charge in [-0.15, -0.1) is 0 Å². The zero-order valence-electron chi connectivity index (χ0n) is 15.9. The predicted octanol–water partition coefficient (Wildman–Crippen LogP) is 4.43. The third kappa shape index (κ3) is 3.29. The largest absolute Gasteiger partial charge is 0.497 e. The molecule has 0 unspecified atom stereocenters. The smallest absolute Gasteiger partial charge is 0.255 e. The number of methoxy groups -OCH3 is 1. The average molecular weight is 385 g/mol.